The Morgan fingerprint density at radius 1 is 1.10 bits per heavy atom. The zero-order chi connectivity index (χ0) is 14.8. The molecule has 1 heterocycles. The summed E-state index contributed by atoms with van der Waals surface area (Å²) in [6, 6.07) is 15.8. The van der Waals surface area contributed by atoms with Gasteiger partial charge < -0.3 is 0 Å². The maximum Gasteiger partial charge on any atom is 0.442 e. The molecule has 2 aromatic carbocycles. The van der Waals surface area contributed by atoms with E-state index in [1.807, 2.05) is 44.2 Å². The molecule has 0 N–H and O–H groups in total. The van der Waals surface area contributed by atoms with Crippen molar-refractivity contribution in [2.75, 3.05) is 0 Å². The standard InChI is InChI=1S/C17H16N2O2/c1-12-8-9-13(2)15(10-12)11-19-16(18-21-17(19)20)14-6-4-3-5-7-14/h3-10H,11H2,1-2H3. The van der Waals surface area contributed by atoms with Gasteiger partial charge in [0.15, 0.2) is 5.82 Å². The summed E-state index contributed by atoms with van der Waals surface area (Å²) >= 11 is 0. The Morgan fingerprint density at radius 2 is 1.86 bits per heavy atom. The Bertz CT molecular complexity index is 816. The number of nitrogens with zero attached hydrogens (tertiary/aromatic N) is 2. The van der Waals surface area contributed by atoms with Crippen LogP contribution < -0.4 is 5.76 Å². The van der Waals surface area contributed by atoms with E-state index >= 15 is 0 Å². The van der Waals surface area contributed by atoms with E-state index in [9.17, 15) is 4.79 Å². The largest absolute Gasteiger partial charge is 0.442 e. The van der Waals surface area contributed by atoms with Gasteiger partial charge in [0, 0.05) is 5.56 Å². The minimum Gasteiger partial charge on any atom is -0.295 e. The van der Waals surface area contributed by atoms with Crippen molar-refractivity contribution in [1.29, 1.82) is 0 Å². The number of aromatic nitrogens is 2. The molecule has 0 atom stereocenters. The average molecular weight is 280 g/mol. The fraction of sp³-hybridized carbons (Fsp3) is 0.176. The van der Waals surface area contributed by atoms with E-state index in [4.69, 9.17) is 4.52 Å². The van der Waals surface area contributed by atoms with Gasteiger partial charge in [0.2, 0.25) is 0 Å². The molecule has 0 amide bonds. The van der Waals surface area contributed by atoms with E-state index in [0.29, 0.717) is 12.4 Å². The predicted molar refractivity (Wildman–Crippen MR) is 81.2 cm³/mol. The molecule has 0 bridgehead atoms. The summed E-state index contributed by atoms with van der Waals surface area (Å²) in [6.07, 6.45) is 0. The second kappa shape index (κ2) is 5.40. The van der Waals surface area contributed by atoms with Crippen LogP contribution in [-0.2, 0) is 6.54 Å². The molecule has 0 aliphatic carbocycles. The molecule has 0 radical (unpaired) electrons. The highest BCUT2D eigenvalue weighted by Crippen LogP contribution is 2.18. The van der Waals surface area contributed by atoms with Crippen molar-refractivity contribution in [3.8, 4) is 11.4 Å². The summed E-state index contributed by atoms with van der Waals surface area (Å²) in [4.78, 5) is 11.9. The Kier molecular flexibility index (Phi) is 3.44. The van der Waals surface area contributed by atoms with Gasteiger partial charge in [-0.3, -0.25) is 9.09 Å². The highest BCUT2D eigenvalue weighted by molar-refractivity contribution is 5.54. The predicted octanol–water partition coefficient (Wildman–Crippen LogP) is 3.17. The summed E-state index contributed by atoms with van der Waals surface area (Å²) in [5, 5.41) is 3.91. The molecular formula is C17H16N2O2. The van der Waals surface area contributed by atoms with E-state index in [1.54, 1.807) is 4.57 Å². The zero-order valence-corrected chi connectivity index (χ0v) is 12.0. The van der Waals surface area contributed by atoms with Gasteiger partial charge in [-0.1, -0.05) is 59.3 Å². The summed E-state index contributed by atoms with van der Waals surface area (Å²) in [5.74, 6) is 0.122. The van der Waals surface area contributed by atoms with Crippen molar-refractivity contribution in [1.82, 2.24) is 9.72 Å². The summed E-state index contributed by atoms with van der Waals surface area (Å²) < 4.78 is 6.42. The lowest BCUT2D eigenvalue weighted by Crippen LogP contribution is -2.17. The molecule has 0 saturated heterocycles. The van der Waals surface area contributed by atoms with Gasteiger partial charge in [0.05, 0.1) is 6.54 Å². The Balaban J connectivity index is 2.06. The van der Waals surface area contributed by atoms with Crippen molar-refractivity contribution < 1.29 is 4.52 Å². The van der Waals surface area contributed by atoms with Gasteiger partial charge in [-0.2, -0.15) is 0 Å². The van der Waals surface area contributed by atoms with Crippen LogP contribution in [0.5, 0.6) is 0 Å². The summed E-state index contributed by atoms with van der Waals surface area (Å²) in [7, 11) is 0. The monoisotopic (exact) mass is 280 g/mol. The number of rotatable bonds is 3. The molecule has 0 saturated carbocycles. The van der Waals surface area contributed by atoms with Crippen LogP contribution in [0.15, 0.2) is 57.8 Å². The molecule has 3 rings (SSSR count). The second-order valence-electron chi connectivity index (χ2n) is 5.15. The number of hydrogen-bond donors (Lipinski definition) is 0. The van der Waals surface area contributed by atoms with Gasteiger partial charge in [-0.15, -0.1) is 0 Å². The first kappa shape index (κ1) is 13.4. The number of aryl methyl sites for hydroxylation is 2. The smallest absolute Gasteiger partial charge is 0.295 e. The van der Waals surface area contributed by atoms with Crippen LogP contribution in [0.4, 0.5) is 0 Å². The molecule has 106 valence electrons. The molecule has 0 aliphatic heterocycles. The molecule has 0 unspecified atom stereocenters. The Morgan fingerprint density at radius 3 is 2.62 bits per heavy atom. The molecule has 1 aromatic heterocycles. The van der Waals surface area contributed by atoms with Crippen LogP contribution in [0.25, 0.3) is 11.4 Å². The lowest BCUT2D eigenvalue weighted by molar-refractivity contribution is 0.378. The quantitative estimate of drug-likeness (QED) is 0.740. The van der Waals surface area contributed by atoms with Crippen molar-refractivity contribution >= 4 is 0 Å². The Labute approximate surface area is 122 Å². The molecule has 4 heteroatoms. The normalized spacial score (nSPS) is 10.8. The van der Waals surface area contributed by atoms with Crippen LogP contribution in [0.1, 0.15) is 16.7 Å². The van der Waals surface area contributed by atoms with Crippen molar-refractivity contribution in [3.05, 3.63) is 75.8 Å². The number of benzene rings is 2. The van der Waals surface area contributed by atoms with Crippen molar-refractivity contribution in [2.45, 2.75) is 20.4 Å². The lowest BCUT2D eigenvalue weighted by atomic mass is 10.1. The van der Waals surface area contributed by atoms with Gasteiger partial charge in [0.1, 0.15) is 0 Å². The zero-order valence-electron chi connectivity index (χ0n) is 12.0. The van der Waals surface area contributed by atoms with Crippen LogP contribution >= 0.6 is 0 Å². The third-order valence-electron chi connectivity index (χ3n) is 3.55. The van der Waals surface area contributed by atoms with Crippen LogP contribution in [-0.4, -0.2) is 9.72 Å². The van der Waals surface area contributed by atoms with E-state index < -0.39 is 5.76 Å². The fourth-order valence-corrected chi connectivity index (χ4v) is 2.34. The first-order valence-electron chi connectivity index (χ1n) is 6.83. The van der Waals surface area contributed by atoms with Gasteiger partial charge in [-0.05, 0) is 25.0 Å². The van der Waals surface area contributed by atoms with Gasteiger partial charge in [0.25, 0.3) is 0 Å². The minimum atomic E-state index is -0.435. The molecule has 0 fully saturated rings. The fourth-order valence-electron chi connectivity index (χ4n) is 2.34. The maximum absolute atomic E-state index is 11.9. The second-order valence-corrected chi connectivity index (χ2v) is 5.15. The molecule has 0 spiro atoms. The maximum atomic E-state index is 11.9. The molecule has 3 aromatic rings. The topological polar surface area (TPSA) is 48.0 Å². The van der Waals surface area contributed by atoms with Crippen molar-refractivity contribution in [2.24, 2.45) is 0 Å². The van der Waals surface area contributed by atoms with Crippen LogP contribution in [0, 0.1) is 13.8 Å². The summed E-state index contributed by atoms with van der Waals surface area (Å²) in [6.45, 7) is 4.53. The Hall–Kier alpha value is -2.62. The first-order valence-corrected chi connectivity index (χ1v) is 6.83. The van der Waals surface area contributed by atoms with E-state index in [0.717, 1.165) is 16.7 Å². The van der Waals surface area contributed by atoms with E-state index in [-0.39, 0.29) is 0 Å². The molecule has 21 heavy (non-hydrogen) atoms. The SMILES string of the molecule is Cc1ccc(C)c(Cn2c(-c3ccccc3)noc2=O)c1. The van der Waals surface area contributed by atoms with Crippen LogP contribution in [0.3, 0.4) is 0 Å². The van der Waals surface area contributed by atoms with E-state index in [1.165, 1.54) is 5.56 Å². The molecule has 0 aliphatic rings. The molecule has 4 nitrogen and oxygen atoms in total. The number of hydrogen-bond acceptors (Lipinski definition) is 3. The minimum absolute atomic E-state index is 0.435. The van der Waals surface area contributed by atoms with Crippen molar-refractivity contribution in [3.63, 3.8) is 0 Å². The third kappa shape index (κ3) is 2.65. The third-order valence-corrected chi connectivity index (χ3v) is 3.55. The highest BCUT2D eigenvalue weighted by Gasteiger charge is 2.13. The highest BCUT2D eigenvalue weighted by atomic mass is 16.5. The van der Waals surface area contributed by atoms with Gasteiger partial charge in [-0.25, -0.2) is 4.79 Å². The summed E-state index contributed by atoms with van der Waals surface area (Å²) in [5.41, 5.74) is 4.28. The average Bonchev–Trinajstić information content (AvgIpc) is 2.85. The van der Waals surface area contributed by atoms with Crippen LogP contribution in [0.2, 0.25) is 0 Å². The van der Waals surface area contributed by atoms with Gasteiger partial charge >= 0.3 is 5.76 Å². The lowest BCUT2D eigenvalue weighted by Gasteiger charge is -2.08. The molecular weight excluding hydrogens is 264 g/mol. The van der Waals surface area contributed by atoms with E-state index in [2.05, 4.69) is 23.4 Å². The first-order chi connectivity index (χ1) is 10.1.